The van der Waals surface area contributed by atoms with Gasteiger partial charge in [0.15, 0.2) is 5.54 Å². The van der Waals surface area contributed by atoms with Crippen molar-refractivity contribution in [1.29, 1.82) is 0 Å². The molecular formula is C11H18N2O4S. The Labute approximate surface area is 110 Å². The quantitative estimate of drug-likeness (QED) is 0.637. The lowest BCUT2D eigenvalue weighted by Crippen LogP contribution is -2.56. The third-order valence-corrected chi connectivity index (χ3v) is 4.37. The van der Waals surface area contributed by atoms with Crippen LogP contribution >= 0.6 is 11.8 Å². The average molecular weight is 274 g/mol. The van der Waals surface area contributed by atoms with Gasteiger partial charge in [-0.1, -0.05) is 0 Å². The van der Waals surface area contributed by atoms with E-state index >= 15 is 0 Å². The van der Waals surface area contributed by atoms with E-state index in [-0.39, 0.29) is 18.6 Å². The highest BCUT2D eigenvalue weighted by atomic mass is 32.2. The number of hydrogen-bond donors (Lipinski definition) is 3. The molecule has 0 spiro atoms. The normalized spacial score (nSPS) is 32.1. The van der Waals surface area contributed by atoms with Crippen LogP contribution in [0.3, 0.4) is 0 Å². The van der Waals surface area contributed by atoms with Crippen LogP contribution in [-0.4, -0.2) is 59.8 Å². The van der Waals surface area contributed by atoms with Gasteiger partial charge in [-0.05, 0) is 0 Å². The van der Waals surface area contributed by atoms with Crippen LogP contribution < -0.4 is 10.6 Å². The summed E-state index contributed by atoms with van der Waals surface area (Å²) < 4.78 is 5.10. The minimum atomic E-state index is -1.22. The Morgan fingerprint density at radius 2 is 2.39 bits per heavy atom. The number of ether oxygens (including phenoxy) is 1. The van der Waals surface area contributed by atoms with E-state index in [2.05, 4.69) is 10.6 Å². The summed E-state index contributed by atoms with van der Waals surface area (Å²) in [6.07, 6.45) is 0.656. The molecule has 0 aromatic carbocycles. The van der Waals surface area contributed by atoms with Crippen LogP contribution in [0.2, 0.25) is 0 Å². The predicted octanol–water partition coefficient (Wildman–Crippen LogP) is -0.559. The molecule has 1 amide bonds. The molecule has 2 unspecified atom stereocenters. The van der Waals surface area contributed by atoms with Gasteiger partial charge in [0.05, 0.1) is 6.61 Å². The van der Waals surface area contributed by atoms with E-state index in [1.807, 2.05) is 11.8 Å². The van der Waals surface area contributed by atoms with Crippen molar-refractivity contribution in [3.63, 3.8) is 0 Å². The number of rotatable bonds is 4. The lowest BCUT2D eigenvalue weighted by molar-refractivity contribution is -0.147. The molecular weight excluding hydrogens is 256 g/mol. The molecule has 2 fully saturated rings. The summed E-state index contributed by atoms with van der Waals surface area (Å²) in [6.45, 7) is 1.33. The van der Waals surface area contributed by atoms with Crippen molar-refractivity contribution in [2.24, 2.45) is 0 Å². The second-order valence-electron chi connectivity index (χ2n) is 4.67. The van der Waals surface area contributed by atoms with E-state index in [1.165, 1.54) is 0 Å². The second-order valence-corrected chi connectivity index (χ2v) is 5.82. The fourth-order valence-electron chi connectivity index (χ4n) is 2.18. The van der Waals surface area contributed by atoms with E-state index in [0.717, 1.165) is 18.1 Å². The van der Waals surface area contributed by atoms with E-state index < -0.39 is 11.5 Å². The highest BCUT2D eigenvalue weighted by Crippen LogP contribution is 2.19. The number of carbonyl (C=O) groups is 2. The molecule has 0 aromatic heterocycles. The van der Waals surface area contributed by atoms with Gasteiger partial charge in [0.2, 0.25) is 5.91 Å². The summed E-state index contributed by atoms with van der Waals surface area (Å²) in [6, 6.07) is 0.136. The van der Waals surface area contributed by atoms with Crippen molar-refractivity contribution in [2.75, 3.05) is 31.3 Å². The van der Waals surface area contributed by atoms with Gasteiger partial charge in [-0.25, -0.2) is 4.79 Å². The number of carboxylic acid groups (broad SMARTS) is 1. The maximum atomic E-state index is 11.9. The minimum absolute atomic E-state index is 0.0565. The van der Waals surface area contributed by atoms with Gasteiger partial charge in [0.1, 0.15) is 0 Å². The number of carbonyl (C=O) groups excluding carboxylic acids is 1. The molecule has 0 bridgehead atoms. The highest BCUT2D eigenvalue weighted by molar-refractivity contribution is 7.99. The van der Waals surface area contributed by atoms with Gasteiger partial charge < -0.3 is 20.5 Å². The fraction of sp³-hybridized carbons (Fsp3) is 0.818. The topological polar surface area (TPSA) is 87.7 Å². The van der Waals surface area contributed by atoms with E-state index in [9.17, 15) is 14.7 Å². The van der Waals surface area contributed by atoms with Gasteiger partial charge in [0, 0.05) is 43.5 Å². The van der Waals surface area contributed by atoms with Crippen molar-refractivity contribution in [2.45, 2.75) is 24.4 Å². The van der Waals surface area contributed by atoms with Crippen LogP contribution in [-0.2, 0) is 14.3 Å². The van der Waals surface area contributed by atoms with E-state index in [0.29, 0.717) is 19.4 Å². The summed E-state index contributed by atoms with van der Waals surface area (Å²) in [5.41, 5.74) is -1.22. The van der Waals surface area contributed by atoms with E-state index in [4.69, 9.17) is 4.74 Å². The minimum Gasteiger partial charge on any atom is -0.479 e. The molecule has 2 aliphatic rings. The maximum absolute atomic E-state index is 11.9. The van der Waals surface area contributed by atoms with Crippen molar-refractivity contribution in [3.8, 4) is 0 Å². The first kappa shape index (κ1) is 13.6. The summed E-state index contributed by atoms with van der Waals surface area (Å²) in [5.74, 6) is 0.719. The zero-order valence-electron chi connectivity index (χ0n) is 10.1. The van der Waals surface area contributed by atoms with Crippen molar-refractivity contribution >= 4 is 23.6 Å². The molecule has 6 nitrogen and oxygen atoms in total. The Morgan fingerprint density at radius 1 is 1.56 bits per heavy atom. The second kappa shape index (κ2) is 5.90. The molecule has 18 heavy (non-hydrogen) atoms. The van der Waals surface area contributed by atoms with Crippen molar-refractivity contribution in [1.82, 2.24) is 10.6 Å². The number of hydrogen-bond acceptors (Lipinski definition) is 5. The molecule has 7 heteroatoms. The molecule has 2 saturated heterocycles. The van der Waals surface area contributed by atoms with Gasteiger partial charge in [-0.2, -0.15) is 11.8 Å². The number of thioether (sulfide) groups is 1. The molecule has 2 heterocycles. The van der Waals surface area contributed by atoms with Crippen molar-refractivity contribution in [3.05, 3.63) is 0 Å². The first-order chi connectivity index (χ1) is 8.62. The molecule has 102 valence electrons. The molecule has 0 aliphatic carbocycles. The van der Waals surface area contributed by atoms with Crippen molar-refractivity contribution < 1.29 is 19.4 Å². The Morgan fingerprint density at radius 3 is 2.94 bits per heavy atom. The molecule has 2 atom stereocenters. The molecule has 3 N–H and O–H groups in total. The SMILES string of the molecule is O=C(CC1CSCCN1)NC1(C(=O)O)CCOC1. The van der Waals surface area contributed by atoms with Crippen LogP contribution in [0.25, 0.3) is 0 Å². The van der Waals surface area contributed by atoms with Crippen LogP contribution in [0.5, 0.6) is 0 Å². The number of carboxylic acids is 1. The third-order valence-electron chi connectivity index (χ3n) is 3.24. The number of aliphatic carboxylic acids is 1. The third kappa shape index (κ3) is 3.15. The summed E-state index contributed by atoms with van der Waals surface area (Å²) in [4.78, 5) is 23.1. The Kier molecular flexibility index (Phi) is 4.47. The molecule has 0 saturated carbocycles. The predicted molar refractivity (Wildman–Crippen MR) is 67.7 cm³/mol. The van der Waals surface area contributed by atoms with Crippen LogP contribution in [0.15, 0.2) is 0 Å². The monoisotopic (exact) mass is 274 g/mol. The van der Waals surface area contributed by atoms with Gasteiger partial charge in [0.25, 0.3) is 0 Å². The smallest absolute Gasteiger partial charge is 0.331 e. The standard InChI is InChI=1S/C11H18N2O4S/c14-9(5-8-6-18-4-2-12-8)13-11(10(15)16)1-3-17-7-11/h8,12H,1-7H2,(H,13,14)(H,15,16). The lowest BCUT2D eigenvalue weighted by atomic mass is 9.98. The average Bonchev–Trinajstić information content (AvgIpc) is 2.80. The summed E-state index contributed by atoms with van der Waals surface area (Å²) >= 11 is 1.81. The lowest BCUT2D eigenvalue weighted by Gasteiger charge is -2.27. The summed E-state index contributed by atoms with van der Waals surface area (Å²) in [7, 11) is 0. The zero-order chi connectivity index (χ0) is 13.0. The Hall–Kier alpha value is -0.790. The van der Waals surface area contributed by atoms with Gasteiger partial charge >= 0.3 is 5.97 Å². The largest absolute Gasteiger partial charge is 0.479 e. The molecule has 2 aliphatic heterocycles. The first-order valence-electron chi connectivity index (χ1n) is 6.06. The Bertz CT molecular complexity index is 325. The van der Waals surface area contributed by atoms with E-state index in [1.54, 1.807) is 0 Å². The van der Waals surface area contributed by atoms with Gasteiger partial charge in [-0.3, -0.25) is 4.79 Å². The van der Waals surface area contributed by atoms with Crippen LogP contribution in [0.1, 0.15) is 12.8 Å². The molecule has 2 rings (SSSR count). The molecule has 0 aromatic rings. The molecule has 0 radical (unpaired) electrons. The van der Waals surface area contributed by atoms with Crippen LogP contribution in [0, 0.1) is 0 Å². The Balaban J connectivity index is 1.87. The maximum Gasteiger partial charge on any atom is 0.331 e. The number of nitrogens with one attached hydrogen (secondary N) is 2. The summed E-state index contributed by atoms with van der Waals surface area (Å²) in [5, 5.41) is 15.1. The first-order valence-corrected chi connectivity index (χ1v) is 7.21. The number of amides is 1. The zero-order valence-corrected chi connectivity index (χ0v) is 10.9. The fourth-order valence-corrected chi connectivity index (χ4v) is 3.13. The van der Waals surface area contributed by atoms with Gasteiger partial charge in [-0.15, -0.1) is 0 Å². The van der Waals surface area contributed by atoms with Crippen LogP contribution in [0.4, 0.5) is 0 Å². The highest BCUT2D eigenvalue weighted by Gasteiger charge is 2.44.